The first-order chi connectivity index (χ1) is 26.0. The monoisotopic (exact) mass is 790 g/mol. The second-order valence-corrected chi connectivity index (χ2v) is 14.6. The highest BCUT2D eigenvalue weighted by Gasteiger charge is 2.47. The van der Waals surface area contributed by atoms with Gasteiger partial charge in [-0.15, -0.1) is 24.9 Å². The van der Waals surface area contributed by atoms with Crippen molar-refractivity contribution in [2.45, 2.75) is 35.9 Å². The zero-order valence-corrected chi connectivity index (χ0v) is 30.8. The van der Waals surface area contributed by atoms with E-state index in [2.05, 4.69) is 23.2 Å². The number of hydrogen-bond donors (Lipinski definition) is 0. The molecule has 0 unspecified atom stereocenters. The Morgan fingerprint density at radius 3 is 2.46 bits per heavy atom. The van der Waals surface area contributed by atoms with Gasteiger partial charge in [-0.2, -0.15) is 10.4 Å². The lowest BCUT2D eigenvalue weighted by Gasteiger charge is -2.40. The first-order valence-corrected chi connectivity index (χ1v) is 18.7. The topological polar surface area (TPSA) is 153 Å². The molecule has 1 aliphatic rings. The Morgan fingerprint density at radius 2 is 1.83 bits per heavy atom. The number of rotatable bonds is 20. The molecule has 1 aliphatic heterocycles. The van der Waals surface area contributed by atoms with Crippen molar-refractivity contribution in [1.82, 2.24) is 14.8 Å². The summed E-state index contributed by atoms with van der Waals surface area (Å²) < 4.78 is 96.4. The van der Waals surface area contributed by atoms with Crippen molar-refractivity contribution in [3.05, 3.63) is 127 Å². The van der Waals surface area contributed by atoms with Crippen LogP contribution in [0.4, 0.5) is 18.0 Å². The van der Waals surface area contributed by atoms with E-state index < -0.39 is 61.8 Å². The standard InChI is InChI=1S/C36H38F3N4O9PS/c1-4-14-49-53(45,50-15-5-2)51-17-16-46-35(44)52-36(23-43-25-41-24-42-43,31-13-12-29(37)19-33(31)39)26(3)54-30-21-47-34(48-22-30)9-7-6-8-28-11-10-27(20-40)18-32(28)38/h4-13,18-19,24-26,30,34H,1-2,14-17,21-23H2,3H3/b8-6+,9-7+/t26-,30?,34?,36-/m1/s1. The van der Waals surface area contributed by atoms with E-state index in [1.165, 1.54) is 65.5 Å². The summed E-state index contributed by atoms with van der Waals surface area (Å²) in [5.41, 5.74) is -1.52. The van der Waals surface area contributed by atoms with Crippen LogP contribution < -0.4 is 0 Å². The zero-order valence-electron chi connectivity index (χ0n) is 29.1. The number of carbonyl (C=O) groups is 1. The summed E-state index contributed by atoms with van der Waals surface area (Å²) in [6.45, 7) is 7.55. The predicted octanol–water partition coefficient (Wildman–Crippen LogP) is 7.28. The number of benzene rings is 2. The van der Waals surface area contributed by atoms with Gasteiger partial charge in [-0.3, -0.25) is 13.6 Å². The zero-order chi connectivity index (χ0) is 39.0. The molecule has 54 heavy (non-hydrogen) atoms. The molecule has 2 aromatic carbocycles. The smallest absolute Gasteiger partial charge is 0.432 e. The predicted molar refractivity (Wildman–Crippen MR) is 192 cm³/mol. The first-order valence-electron chi connectivity index (χ1n) is 16.3. The number of halogens is 3. The Morgan fingerprint density at radius 1 is 1.09 bits per heavy atom. The van der Waals surface area contributed by atoms with Gasteiger partial charge in [0.05, 0.1) is 56.5 Å². The van der Waals surface area contributed by atoms with E-state index in [4.69, 9.17) is 37.8 Å². The van der Waals surface area contributed by atoms with Crippen LogP contribution >= 0.6 is 19.6 Å². The molecule has 1 fully saturated rings. The number of nitrogens with zero attached hydrogens (tertiary/aromatic N) is 4. The molecule has 18 heteroatoms. The third-order valence-electron chi connectivity index (χ3n) is 7.50. The lowest BCUT2D eigenvalue weighted by molar-refractivity contribution is -0.146. The maximum absolute atomic E-state index is 15.7. The minimum Gasteiger partial charge on any atom is -0.432 e. The number of allylic oxidation sites excluding steroid dienone is 2. The second kappa shape index (κ2) is 20.8. The highest BCUT2D eigenvalue weighted by atomic mass is 32.2. The van der Waals surface area contributed by atoms with E-state index in [0.717, 1.165) is 12.1 Å². The fourth-order valence-corrected chi connectivity index (χ4v) is 7.44. The molecule has 2 heterocycles. The van der Waals surface area contributed by atoms with Crippen LogP contribution in [0.5, 0.6) is 0 Å². The molecule has 1 aromatic heterocycles. The Hall–Kier alpha value is -4.53. The van der Waals surface area contributed by atoms with Gasteiger partial charge in [0, 0.05) is 22.4 Å². The number of thioether (sulfide) groups is 1. The van der Waals surface area contributed by atoms with Crippen molar-refractivity contribution >= 4 is 31.8 Å². The minimum absolute atomic E-state index is 0.143. The highest BCUT2D eigenvalue weighted by molar-refractivity contribution is 8.00. The van der Waals surface area contributed by atoms with Crippen molar-refractivity contribution in [3.8, 4) is 6.07 Å². The van der Waals surface area contributed by atoms with Crippen LogP contribution in [0.1, 0.15) is 23.6 Å². The van der Waals surface area contributed by atoms with Gasteiger partial charge in [-0.05, 0) is 37.3 Å². The van der Waals surface area contributed by atoms with Gasteiger partial charge in [-0.25, -0.2) is 32.2 Å². The quantitative estimate of drug-likeness (QED) is 0.0371. The molecule has 4 rings (SSSR count). The van der Waals surface area contributed by atoms with Crippen molar-refractivity contribution in [2.75, 3.05) is 39.6 Å². The largest absolute Gasteiger partial charge is 0.509 e. The van der Waals surface area contributed by atoms with Crippen molar-refractivity contribution < 1.29 is 55.0 Å². The maximum atomic E-state index is 15.7. The summed E-state index contributed by atoms with van der Waals surface area (Å²) in [4.78, 5) is 17.2. The Bertz CT molecular complexity index is 1850. The van der Waals surface area contributed by atoms with Crippen molar-refractivity contribution in [1.29, 1.82) is 5.26 Å². The lowest BCUT2D eigenvalue weighted by atomic mass is 9.89. The molecular formula is C36H38F3N4O9PS. The van der Waals surface area contributed by atoms with Crippen LogP contribution in [0, 0.1) is 28.8 Å². The van der Waals surface area contributed by atoms with Crippen LogP contribution in [0.15, 0.2) is 92.6 Å². The van der Waals surface area contributed by atoms with Crippen LogP contribution in [0.3, 0.4) is 0 Å². The summed E-state index contributed by atoms with van der Waals surface area (Å²) in [7, 11) is -4.05. The van der Waals surface area contributed by atoms with E-state index in [1.807, 2.05) is 6.07 Å². The number of carbonyl (C=O) groups excluding carboxylic acids is 1. The third-order valence-corrected chi connectivity index (χ3v) is 10.4. The number of phosphoric ester groups is 1. The molecule has 13 nitrogen and oxygen atoms in total. The summed E-state index contributed by atoms with van der Waals surface area (Å²) >= 11 is 1.26. The van der Waals surface area contributed by atoms with Gasteiger partial charge >= 0.3 is 14.0 Å². The van der Waals surface area contributed by atoms with Crippen LogP contribution in [0.25, 0.3) is 6.08 Å². The molecule has 288 valence electrons. The van der Waals surface area contributed by atoms with Crippen molar-refractivity contribution in [3.63, 3.8) is 0 Å². The molecule has 2 atom stereocenters. The van der Waals surface area contributed by atoms with Crippen LogP contribution in [-0.4, -0.2) is 77.4 Å². The Balaban J connectivity index is 1.46. The van der Waals surface area contributed by atoms with Gasteiger partial charge in [0.1, 0.15) is 36.7 Å². The normalized spacial score (nSPS) is 17.8. The molecule has 0 radical (unpaired) electrons. The number of aromatic nitrogens is 3. The molecule has 1 saturated heterocycles. The molecule has 0 saturated carbocycles. The van der Waals surface area contributed by atoms with Gasteiger partial charge < -0.3 is 18.9 Å². The molecule has 0 amide bonds. The molecule has 0 bridgehead atoms. The van der Waals surface area contributed by atoms with E-state index in [-0.39, 0.29) is 49.3 Å². The summed E-state index contributed by atoms with van der Waals surface area (Å²) in [6.07, 6.45) is 9.69. The average Bonchev–Trinajstić information content (AvgIpc) is 3.67. The third kappa shape index (κ3) is 12.3. The summed E-state index contributed by atoms with van der Waals surface area (Å²) in [5.74, 6) is -2.37. The minimum atomic E-state index is -4.05. The van der Waals surface area contributed by atoms with E-state index >= 15 is 4.39 Å². The van der Waals surface area contributed by atoms with Crippen LogP contribution in [0.2, 0.25) is 0 Å². The molecular weight excluding hydrogens is 752 g/mol. The highest BCUT2D eigenvalue weighted by Crippen LogP contribution is 2.49. The van der Waals surface area contributed by atoms with Gasteiger partial charge in [0.25, 0.3) is 0 Å². The fourth-order valence-electron chi connectivity index (χ4n) is 4.98. The maximum Gasteiger partial charge on any atom is 0.509 e. The Kier molecular flexibility index (Phi) is 16.3. The molecule has 0 spiro atoms. The number of phosphoric acid groups is 1. The van der Waals surface area contributed by atoms with Gasteiger partial charge in [-0.1, -0.05) is 36.4 Å². The molecule has 3 aromatic rings. The first kappa shape index (κ1) is 42.2. The summed E-state index contributed by atoms with van der Waals surface area (Å²) in [5, 5.41) is 11.9. The lowest BCUT2D eigenvalue weighted by Crippen LogP contribution is -2.47. The van der Waals surface area contributed by atoms with Gasteiger partial charge in [0.15, 0.2) is 11.9 Å². The summed E-state index contributed by atoms with van der Waals surface area (Å²) in [6, 6.07) is 8.91. The number of nitriles is 1. The fraction of sp³-hybridized carbons (Fsp3) is 0.333. The number of ether oxygens (including phenoxy) is 4. The van der Waals surface area contributed by atoms with E-state index in [0.29, 0.717) is 11.6 Å². The molecule has 0 N–H and O–H groups in total. The van der Waals surface area contributed by atoms with E-state index in [1.54, 1.807) is 25.2 Å². The Labute approximate surface area is 314 Å². The number of hydrogen-bond acceptors (Lipinski definition) is 13. The molecule has 0 aliphatic carbocycles. The second-order valence-electron chi connectivity index (χ2n) is 11.3. The van der Waals surface area contributed by atoms with Gasteiger partial charge in [0.2, 0.25) is 0 Å². The van der Waals surface area contributed by atoms with E-state index in [9.17, 15) is 18.1 Å². The van der Waals surface area contributed by atoms with Crippen molar-refractivity contribution in [2.24, 2.45) is 0 Å². The SMILES string of the molecule is C=CCOP(=O)(OCC=C)OCCOC(=O)O[C@@](Cn1cncn1)(c1ccc(F)cc1F)[C@@H](C)SC1COC(/C=C/C=C/c2ccc(C#N)cc2F)OC1. The average molecular weight is 791 g/mol. The van der Waals surface area contributed by atoms with Crippen LogP contribution in [-0.2, 0) is 49.2 Å².